The molecule has 0 fully saturated rings. The number of ether oxygens (including phenoxy) is 1. The van der Waals surface area contributed by atoms with Gasteiger partial charge in [-0.1, -0.05) is 30.3 Å². The Morgan fingerprint density at radius 3 is 2.18 bits per heavy atom. The van der Waals surface area contributed by atoms with Crippen molar-refractivity contribution in [3.05, 3.63) is 64.7 Å². The molecule has 0 saturated carbocycles. The normalized spacial score (nSPS) is 11.3. The second-order valence-electron chi connectivity index (χ2n) is 5.04. The van der Waals surface area contributed by atoms with Crippen LogP contribution in [0.25, 0.3) is 0 Å². The molecule has 116 valence electrons. The third-order valence-electron chi connectivity index (χ3n) is 3.21. The lowest BCUT2D eigenvalue weighted by Crippen LogP contribution is -2.21. The molecule has 0 spiro atoms. The molecule has 0 unspecified atom stereocenters. The number of halogens is 3. The van der Waals surface area contributed by atoms with E-state index in [9.17, 15) is 13.6 Å². The van der Waals surface area contributed by atoms with Crippen LogP contribution in [0.5, 0.6) is 5.75 Å². The topological polar surface area (TPSA) is 26.3 Å². The minimum Gasteiger partial charge on any atom is -0.488 e. The zero-order valence-electron chi connectivity index (χ0n) is 12.2. The third kappa shape index (κ3) is 3.83. The van der Waals surface area contributed by atoms with Crippen LogP contribution in [0.3, 0.4) is 0 Å². The van der Waals surface area contributed by atoms with Crippen molar-refractivity contribution in [2.24, 2.45) is 0 Å². The fraction of sp³-hybridized carbons (Fsp3) is 0.235. The molecule has 2 aromatic rings. The Morgan fingerprint density at radius 2 is 1.68 bits per heavy atom. The van der Waals surface area contributed by atoms with E-state index in [1.165, 1.54) is 12.1 Å². The zero-order valence-corrected chi connectivity index (χ0v) is 13.0. The summed E-state index contributed by atoms with van der Waals surface area (Å²) in [5.41, 5.74) is 2.09. The van der Waals surface area contributed by atoms with Crippen LogP contribution in [0.1, 0.15) is 27.0 Å². The Hall–Kier alpha value is -1.94. The average molecular weight is 325 g/mol. The molecule has 0 radical (unpaired) electrons. The van der Waals surface area contributed by atoms with Crippen molar-refractivity contribution >= 4 is 17.4 Å². The van der Waals surface area contributed by atoms with Gasteiger partial charge in [0.15, 0.2) is 0 Å². The van der Waals surface area contributed by atoms with E-state index >= 15 is 0 Å². The molecule has 0 atom stereocenters. The minimum atomic E-state index is -3.90. The summed E-state index contributed by atoms with van der Waals surface area (Å²) in [6.45, 7) is 3.77. The predicted octanol–water partition coefficient (Wildman–Crippen LogP) is 4.90. The van der Waals surface area contributed by atoms with Crippen LogP contribution in [0.15, 0.2) is 42.5 Å². The number of ketones is 1. The lowest BCUT2D eigenvalue weighted by molar-refractivity contribution is 0.0536. The SMILES string of the molecule is Cc1cc(C(=O)C(F)(F)Cl)cc(C)c1OCc1ccccc1. The molecule has 0 aliphatic rings. The van der Waals surface area contributed by atoms with Crippen LogP contribution >= 0.6 is 11.6 Å². The molecule has 0 saturated heterocycles. The van der Waals surface area contributed by atoms with Gasteiger partial charge in [-0.2, -0.15) is 8.78 Å². The van der Waals surface area contributed by atoms with Crippen LogP contribution in [0, 0.1) is 13.8 Å². The Balaban J connectivity index is 2.22. The first kappa shape index (κ1) is 16.4. The second kappa shape index (κ2) is 6.44. The lowest BCUT2D eigenvalue weighted by atomic mass is 10.0. The van der Waals surface area contributed by atoms with Crippen LogP contribution < -0.4 is 4.74 Å². The van der Waals surface area contributed by atoms with Crippen LogP contribution in [0.4, 0.5) is 8.78 Å². The highest BCUT2D eigenvalue weighted by Gasteiger charge is 2.36. The molecule has 2 rings (SSSR count). The van der Waals surface area contributed by atoms with Gasteiger partial charge in [0.1, 0.15) is 12.4 Å². The number of rotatable bonds is 5. The van der Waals surface area contributed by atoms with Crippen molar-refractivity contribution in [2.45, 2.75) is 25.8 Å². The number of Topliss-reactive ketones (excluding diaryl/α,β-unsaturated/α-hetero) is 1. The number of hydrogen-bond donors (Lipinski definition) is 0. The Kier molecular flexibility index (Phi) is 4.81. The Labute approximate surface area is 132 Å². The maximum atomic E-state index is 12.9. The first-order valence-corrected chi connectivity index (χ1v) is 7.06. The molecule has 5 heteroatoms. The van der Waals surface area contributed by atoms with E-state index in [0.717, 1.165) is 5.56 Å². The van der Waals surface area contributed by atoms with Crippen molar-refractivity contribution in [1.82, 2.24) is 0 Å². The van der Waals surface area contributed by atoms with Crippen molar-refractivity contribution in [1.29, 1.82) is 0 Å². The summed E-state index contributed by atoms with van der Waals surface area (Å²) in [6, 6.07) is 12.3. The summed E-state index contributed by atoms with van der Waals surface area (Å²) in [4.78, 5) is 11.5. The number of hydrogen-bond acceptors (Lipinski definition) is 2. The van der Waals surface area contributed by atoms with E-state index in [4.69, 9.17) is 16.3 Å². The third-order valence-corrected chi connectivity index (χ3v) is 3.38. The molecule has 0 aliphatic carbocycles. The highest BCUT2D eigenvalue weighted by molar-refractivity contribution is 6.35. The lowest BCUT2D eigenvalue weighted by Gasteiger charge is -2.15. The van der Waals surface area contributed by atoms with Crippen molar-refractivity contribution < 1.29 is 18.3 Å². The minimum absolute atomic E-state index is 0.123. The summed E-state index contributed by atoms with van der Waals surface area (Å²) >= 11 is 4.79. The fourth-order valence-corrected chi connectivity index (χ4v) is 2.31. The fourth-order valence-electron chi connectivity index (χ4n) is 2.20. The number of aryl methyl sites for hydroxylation is 2. The maximum absolute atomic E-state index is 12.9. The molecular weight excluding hydrogens is 310 g/mol. The smallest absolute Gasteiger partial charge is 0.384 e. The van der Waals surface area contributed by atoms with E-state index in [0.29, 0.717) is 23.5 Å². The van der Waals surface area contributed by atoms with Gasteiger partial charge in [-0.3, -0.25) is 4.79 Å². The van der Waals surface area contributed by atoms with Gasteiger partial charge >= 0.3 is 5.38 Å². The van der Waals surface area contributed by atoms with Gasteiger partial charge in [0.05, 0.1) is 0 Å². The molecule has 0 N–H and O–H groups in total. The summed E-state index contributed by atoms with van der Waals surface area (Å²) in [6.07, 6.45) is 0. The molecule has 2 aromatic carbocycles. The monoisotopic (exact) mass is 324 g/mol. The average Bonchev–Trinajstić information content (AvgIpc) is 2.45. The highest BCUT2D eigenvalue weighted by Crippen LogP contribution is 2.30. The Bertz CT molecular complexity index is 656. The van der Waals surface area contributed by atoms with E-state index in [1.807, 2.05) is 30.3 Å². The molecule has 0 bridgehead atoms. The van der Waals surface area contributed by atoms with Crippen molar-refractivity contribution in [2.75, 3.05) is 0 Å². The summed E-state index contributed by atoms with van der Waals surface area (Å²) in [5, 5.41) is -3.90. The van der Waals surface area contributed by atoms with Crippen LogP contribution in [-0.2, 0) is 6.61 Å². The standard InChI is InChI=1S/C17H15ClF2O2/c1-11-8-14(16(21)17(18,19)20)9-12(2)15(11)22-10-13-6-4-3-5-7-13/h3-9H,10H2,1-2H3. The first-order valence-electron chi connectivity index (χ1n) is 6.68. The first-order chi connectivity index (χ1) is 10.3. The van der Waals surface area contributed by atoms with E-state index in [-0.39, 0.29) is 5.56 Å². The maximum Gasteiger partial charge on any atom is 0.384 e. The molecule has 0 heterocycles. The number of alkyl halides is 3. The largest absolute Gasteiger partial charge is 0.488 e. The summed E-state index contributed by atoms with van der Waals surface area (Å²) < 4.78 is 31.6. The second-order valence-corrected chi connectivity index (χ2v) is 5.52. The van der Waals surface area contributed by atoms with Gasteiger partial charge in [0.25, 0.3) is 0 Å². The molecule has 0 aromatic heterocycles. The summed E-state index contributed by atoms with van der Waals surface area (Å²) in [5.74, 6) is -0.826. The van der Waals surface area contributed by atoms with Gasteiger partial charge in [-0.05, 0) is 54.3 Å². The van der Waals surface area contributed by atoms with Crippen LogP contribution in [-0.4, -0.2) is 11.2 Å². The van der Waals surface area contributed by atoms with Gasteiger partial charge in [0.2, 0.25) is 5.78 Å². The summed E-state index contributed by atoms with van der Waals surface area (Å²) in [7, 11) is 0. The number of carbonyl (C=O) groups is 1. The van der Waals surface area contributed by atoms with Crippen molar-refractivity contribution in [3.63, 3.8) is 0 Å². The van der Waals surface area contributed by atoms with E-state index in [2.05, 4.69) is 0 Å². The predicted molar refractivity (Wildman–Crippen MR) is 81.8 cm³/mol. The molecular formula is C17H15ClF2O2. The van der Waals surface area contributed by atoms with E-state index < -0.39 is 11.2 Å². The molecule has 2 nitrogen and oxygen atoms in total. The molecule has 0 aliphatic heterocycles. The molecule has 0 amide bonds. The van der Waals surface area contributed by atoms with E-state index in [1.54, 1.807) is 13.8 Å². The van der Waals surface area contributed by atoms with Crippen LogP contribution in [0.2, 0.25) is 0 Å². The number of carbonyl (C=O) groups excluding carboxylic acids is 1. The number of benzene rings is 2. The zero-order chi connectivity index (χ0) is 16.3. The molecule has 22 heavy (non-hydrogen) atoms. The van der Waals surface area contributed by atoms with Crippen molar-refractivity contribution in [3.8, 4) is 5.75 Å². The van der Waals surface area contributed by atoms with Gasteiger partial charge in [-0.15, -0.1) is 0 Å². The van der Waals surface area contributed by atoms with Gasteiger partial charge in [-0.25, -0.2) is 0 Å². The quantitative estimate of drug-likeness (QED) is 0.578. The van der Waals surface area contributed by atoms with Gasteiger partial charge < -0.3 is 4.74 Å². The highest BCUT2D eigenvalue weighted by atomic mass is 35.5. The Morgan fingerprint density at radius 1 is 1.14 bits per heavy atom. The van der Waals surface area contributed by atoms with Gasteiger partial charge in [0, 0.05) is 5.56 Å².